The molecule has 0 rings (SSSR count). The molecule has 0 aliphatic rings. The summed E-state index contributed by atoms with van der Waals surface area (Å²) in [6.45, 7) is 0. The fourth-order valence-corrected chi connectivity index (χ4v) is 0. The van der Waals surface area contributed by atoms with Gasteiger partial charge in [-0.1, -0.05) is 0 Å². The van der Waals surface area contributed by atoms with Gasteiger partial charge in [0.05, 0.1) is 0 Å². The van der Waals surface area contributed by atoms with Gasteiger partial charge in [-0.15, -0.1) is 0 Å². The summed E-state index contributed by atoms with van der Waals surface area (Å²) in [5, 5.41) is 0. The van der Waals surface area contributed by atoms with E-state index in [4.69, 9.17) is 45.9 Å². The maximum Gasteiger partial charge on any atom is 2.00 e. The van der Waals surface area contributed by atoms with Crippen LogP contribution in [0.25, 0.3) is 0 Å². The first kappa shape index (κ1) is 114. The standard InChI is InChI=1S/6ClH.Nb.15O.5Zn.5Zr/h6*1H;;;;;;;;;;;;;;;;;;;;;;;;;;/q;;;;;;+5;;;;;;10*-1;5*+2;;;;;/p-6. The van der Waals surface area contributed by atoms with E-state index in [0.29, 0.717) is 0 Å². The molecule has 168 valence electrons. The van der Waals surface area contributed by atoms with Crippen LogP contribution >= 0.6 is 0 Å². The van der Waals surface area contributed by atoms with Crippen molar-refractivity contribution in [3.8, 4) is 0 Å². The third kappa shape index (κ3) is 736. The molecule has 0 N–H and O–H groups in total. The average Bonchev–Trinajstić information content (AvgIpc) is 1.94. The summed E-state index contributed by atoms with van der Waals surface area (Å²) in [6.07, 6.45) is 0. The minimum Gasteiger partial charge on any atom is 2.00 e. The van der Waals surface area contributed by atoms with Crippen molar-refractivity contribution >= 4 is 0 Å². The van der Waals surface area contributed by atoms with E-state index in [2.05, 4.69) is 0 Å². The molecular weight excluding hydrogens is 1330 g/mol. The predicted molar refractivity (Wildman–Crippen MR) is 3.43 cm³/mol. The van der Waals surface area contributed by atoms with Crippen molar-refractivity contribution in [2.45, 2.75) is 0 Å². The maximum absolute atomic E-state index is 8.61. The van der Waals surface area contributed by atoms with Gasteiger partial charge in [-0.05, 0) is 0 Å². The molecule has 0 unspecified atom stereocenters. The second-order valence-electron chi connectivity index (χ2n) is 1.25. The molecule has 0 aliphatic heterocycles. The van der Waals surface area contributed by atoms with Crippen LogP contribution in [0.15, 0.2) is 0 Å². The molecule has 15 nitrogen and oxygen atoms in total. The number of hydrogen-bond acceptors (Lipinski definition) is 15. The summed E-state index contributed by atoms with van der Waals surface area (Å²) in [5.41, 5.74) is 0. The van der Waals surface area contributed by atoms with Crippen molar-refractivity contribution in [1.29, 1.82) is 0 Å². The van der Waals surface area contributed by atoms with Crippen LogP contribution in [0.2, 0.25) is 0 Å². The largest absolute Gasteiger partial charge is 2.00 e. The molecule has 0 spiro atoms. The predicted octanol–water partition coefficient (Wildman–Crippen LogP) is -30.5. The molecule has 32 heteroatoms. The zero-order chi connectivity index (χ0) is 17.9. The van der Waals surface area contributed by atoms with Crippen LogP contribution in [0.1, 0.15) is 0 Å². The van der Waals surface area contributed by atoms with E-state index in [9.17, 15) is 0 Å². The van der Waals surface area contributed by atoms with Gasteiger partial charge in [0, 0.05) is 0 Å². The molecule has 32 heavy (non-hydrogen) atoms. The van der Waals surface area contributed by atoms with Crippen LogP contribution in [0.4, 0.5) is 0 Å². The molecule has 0 aromatic rings. The Morgan fingerprint density at radius 1 is 0.281 bits per heavy atom. The third-order valence-corrected chi connectivity index (χ3v) is 0. The molecule has 0 aromatic heterocycles. The second-order valence-corrected chi connectivity index (χ2v) is 7.40. The number of rotatable bonds is 0. The van der Waals surface area contributed by atoms with Gasteiger partial charge in [0.2, 0.25) is 0 Å². The molecule has 0 fully saturated rings. The van der Waals surface area contributed by atoms with E-state index >= 15 is 0 Å². The Kier molecular flexibility index (Phi) is 378. The van der Waals surface area contributed by atoms with E-state index in [-0.39, 0.29) is 194 Å². The van der Waals surface area contributed by atoms with Crippen molar-refractivity contribution in [3.63, 3.8) is 0 Å². The molecule has 0 aliphatic carbocycles. The quantitative estimate of drug-likeness (QED) is 0.204. The van der Waals surface area contributed by atoms with E-state index in [1.807, 2.05) is 0 Å². The Bertz CT molecular complexity index is 247. The number of hydrogen-bond donors (Lipinski definition) is 0. The van der Waals surface area contributed by atoms with E-state index in [1.165, 1.54) is 0 Å². The van der Waals surface area contributed by atoms with Gasteiger partial charge in [-0.25, -0.2) is 0 Å². The zero-order valence-electron chi connectivity index (χ0n) is 14.9. The van der Waals surface area contributed by atoms with Crippen LogP contribution in [0.3, 0.4) is 0 Å². The fraction of sp³-hybridized carbons (Fsp3) is 0. The first-order chi connectivity index (χ1) is 8.66. The fourth-order valence-electron chi connectivity index (χ4n) is 0. The average molecular weight is 1330 g/mol. The van der Waals surface area contributed by atoms with Gasteiger partial charge < -0.3 is 74.4 Å². The minimum absolute atomic E-state index is 0. The van der Waals surface area contributed by atoms with Crippen molar-refractivity contribution in [3.05, 3.63) is 0 Å². The molecule has 0 aromatic carbocycles. The Hall–Kier alpha value is 8.61. The summed E-state index contributed by atoms with van der Waals surface area (Å²) in [5.74, 6) is 0. The Balaban J connectivity index is -0.00000000536. The van der Waals surface area contributed by atoms with Crippen LogP contribution < -0.4 is 106 Å². The van der Waals surface area contributed by atoms with Crippen molar-refractivity contribution in [2.75, 3.05) is 0 Å². The Morgan fingerprint density at radius 3 is 0.281 bits per heavy atom. The molecule has 0 atom stereocenters. The maximum atomic E-state index is 8.61. The molecule has 0 amide bonds. The summed E-state index contributed by atoms with van der Waals surface area (Å²) in [4.78, 5) is 0. The molecule has 0 radical (unpaired) electrons. The van der Waals surface area contributed by atoms with Gasteiger partial charge in [0.1, 0.15) is 0 Å². The normalized spacial score (nSPS) is 4.06. The van der Waals surface area contributed by atoms with Gasteiger partial charge in [0.15, 0.2) is 0 Å². The Labute approximate surface area is 345 Å². The molecule has 0 saturated heterocycles. The summed E-state index contributed by atoms with van der Waals surface area (Å²) >= 11 is -21.5. The minimum atomic E-state index is -4.29. The van der Waals surface area contributed by atoms with Gasteiger partial charge in [-0.3, -0.25) is 0 Å². The van der Waals surface area contributed by atoms with E-state index in [1.54, 1.807) is 0 Å². The topological polar surface area (TPSA) is 316 Å². The van der Waals surface area contributed by atoms with Crippen molar-refractivity contribution < 1.29 is 353 Å². The van der Waals surface area contributed by atoms with Crippen LogP contribution in [-0.4, -0.2) is 0 Å². The van der Waals surface area contributed by atoms with Crippen molar-refractivity contribution in [1.82, 2.24) is 0 Å². The second kappa shape index (κ2) is 106. The van der Waals surface area contributed by atoms with Crippen molar-refractivity contribution in [2.24, 2.45) is 0 Å². The first-order valence-corrected chi connectivity index (χ1v) is 18.1. The molecular formula is Cl6NbO15Zn5Zr5-. The van der Waals surface area contributed by atoms with Gasteiger partial charge in [-0.2, -0.15) is 0 Å². The van der Waals surface area contributed by atoms with Gasteiger partial charge >= 0.3 is 279 Å². The summed E-state index contributed by atoms with van der Waals surface area (Å²) in [6, 6.07) is 0. The summed E-state index contributed by atoms with van der Waals surface area (Å²) < 4.78 is 129. The van der Waals surface area contributed by atoms with Gasteiger partial charge in [0.25, 0.3) is 0 Å². The third-order valence-electron chi connectivity index (χ3n) is 0. The molecule has 0 bridgehead atoms. The first-order valence-electron chi connectivity index (χ1n) is 3.06. The summed E-state index contributed by atoms with van der Waals surface area (Å²) in [7, 11) is 0. The van der Waals surface area contributed by atoms with Crippen LogP contribution in [0.5, 0.6) is 0 Å². The zero-order valence-corrected chi connectivity index (χ0v) is 48.7. The monoisotopic (exact) mass is 1310 g/mol. The van der Waals surface area contributed by atoms with E-state index < -0.39 is 113 Å². The van der Waals surface area contributed by atoms with Crippen LogP contribution in [-0.2, 0) is 247 Å². The number of halogens is 6. The molecule has 0 saturated carbocycles. The van der Waals surface area contributed by atoms with E-state index in [0.717, 1.165) is 0 Å². The van der Waals surface area contributed by atoms with Crippen LogP contribution in [0, 0.1) is 0 Å². The smallest absolute Gasteiger partial charge is 2.00 e. The Morgan fingerprint density at radius 2 is 0.281 bits per heavy atom. The molecule has 0 heterocycles. The SMILES string of the molecule is [Cl-].[Cl-].[Cl-].[Cl-].[Cl-].[Cl-].[Nb+5].[O]=[Zr]([O-])[O-].[O]=[Zr]([O-])[O-].[O]=[Zr]([O-])[O-].[O]=[Zr]([O-])[O-].[O]=[Zr]([O-])[O-].[Zn+2].[Zn+2].[Zn+2].[Zn+2].[Zn+2].